The molecule has 17 heavy (non-hydrogen) atoms. The van der Waals surface area contributed by atoms with Crippen LogP contribution < -0.4 is 23.0 Å². The fourth-order valence-electron chi connectivity index (χ4n) is 1.93. The van der Waals surface area contributed by atoms with Crippen LogP contribution >= 0.6 is 0 Å². The minimum Gasteiger partial charge on any atom is -1.00 e. The molecule has 0 aromatic carbocycles. The number of carbonyl (C=O) groups excluding carboxylic acids is 1. The van der Waals surface area contributed by atoms with Gasteiger partial charge in [0.25, 0.3) is 5.91 Å². The summed E-state index contributed by atoms with van der Waals surface area (Å²) in [5, 5.41) is 6.29. The van der Waals surface area contributed by atoms with Crippen molar-refractivity contribution in [2.75, 3.05) is 19.6 Å². The lowest BCUT2D eigenvalue weighted by Gasteiger charge is -2.22. The van der Waals surface area contributed by atoms with E-state index >= 15 is 0 Å². The monoisotopic (exact) mass is 255 g/mol. The van der Waals surface area contributed by atoms with Crippen molar-refractivity contribution in [3.05, 3.63) is 30.1 Å². The van der Waals surface area contributed by atoms with Crippen LogP contribution in [0, 0.1) is 5.92 Å². The lowest BCUT2D eigenvalue weighted by molar-refractivity contribution is -0.0000117. The second-order valence-corrected chi connectivity index (χ2v) is 4.14. The van der Waals surface area contributed by atoms with E-state index < -0.39 is 0 Å². The summed E-state index contributed by atoms with van der Waals surface area (Å²) in [6, 6.07) is 3.47. The predicted octanol–water partition coefficient (Wildman–Crippen LogP) is -2.07. The Morgan fingerprint density at radius 2 is 2.06 bits per heavy atom. The number of rotatable bonds is 3. The van der Waals surface area contributed by atoms with Gasteiger partial charge < -0.3 is 23.0 Å². The van der Waals surface area contributed by atoms with Crippen LogP contribution in [-0.4, -0.2) is 30.5 Å². The lowest BCUT2D eigenvalue weighted by atomic mass is 9.98. The van der Waals surface area contributed by atoms with Gasteiger partial charge in [-0.2, -0.15) is 0 Å². The van der Waals surface area contributed by atoms with Crippen molar-refractivity contribution in [3.8, 4) is 0 Å². The van der Waals surface area contributed by atoms with Crippen LogP contribution in [0.25, 0.3) is 0 Å². The van der Waals surface area contributed by atoms with Gasteiger partial charge >= 0.3 is 1.43 Å². The average Bonchev–Trinajstić information content (AvgIpc) is 2.38. The topological polar surface area (TPSA) is 54.0 Å². The number of aromatic nitrogens is 1. The third-order valence-corrected chi connectivity index (χ3v) is 2.95. The third-order valence-electron chi connectivity index (χ3n) is 2.95. The van der Waals surface area contributed by atoms with Gasteiger partial charge in [-0.1, -0.05) is 0 Å². The van der Waals surface area contributed by atoms with Crippen LogP contribution in [0.15, 0.2) is 24.5 Å². The second kappa shape index (κ2) is 7.25. The molecule has 94 valence electrons. The summed E-state index contributed by atoms with van der Waals surface area (Å²) >= 11 is 0. The van der Waals surface area contributed by atoms with E-state index in [0.717, 1.165) is 32.5 Å². The molecule has 0 unspecified atom stereocenters. The maximum atomic E-state index is 11.7. The molecule has 1 fully saturated rings. The van der Waals surface area contributed by atoms with Crippen LogP contribution in [0.3, 0.4) is 0 Å². The number of piperidine rings is 1. The maximum Gasteiger partial charge on any atom is 1.00 e. The average molecular weight is 256 g/mol. The van der Waals surface area contributed by atoms with Gasteiger partial charge in [-0.3, -0.25) is 9.78 Å². The van der Waals surface area contributed by atoms with E-state index in [0.29, 0.717) is 11.5 Å². The quantitative estimate of drug-likeness (QED) is 0.653. The van der Waals surface area contributed by atoms with Gasteiger partial charge in [0, 0.05) is 24.5 Å². The second-order valence-electron chi connectivity index (χ2n) is 4.14. The van der Waals surface area contributed by atoms with Crippen molar-refractivity contribution >= 4 is 5.91 Å². The van der Waals surface area contributed by atoms with E-state index in [2.05, 4.69) is 15.6 Å². The van der Waals surface area contributed by atoms with Crippen LogP contribution in [0.4, 0.5) is 0 Å². The summed E-state index contributed by atoms with van der Waals surface area (Å²) < 4.78 is 0. The van der Waals surface area contributed by atoms with Crippen molar-refractivity contribution in [1.82, 2.24) is 15.6 Å². The fourth-order valence-corrected chi connectivity index (χ4v) is 1.93. The molecule has 0 saturated carbocycles. The lowest BCUT2D eigenvalue weighted by Crippen LogP contribution is -3.00. The zero-order valence-electron chi connectivity index (χ0n) is 10.7. The van der Waals surface area contributed by atoms with E-state index in [-0.39, 0.29) is 19.7 Å². The molecule has 0 spiro atoms. The molecule has 4 nitrogen and oxygen atoms in total. The van der Waals surface area contributed by atoms with Gasteiger partial charge in [0.1, 0.15) is 0 Å². The molecule has 0 aliphatic carbocycles. The summed E-state index contributed by atoms with van der Waals surface area (Å²) in [5.41, 5.74) is 0.684. The number of hydrogen-bond donors (Lipinski definition) is 2. The van der Waals surface area contributed by atoms with Gasteiger partial charge in [-0.15, -0.1) is 0 Å². The Kier molecular flexibility index (Phi) is 5.94. The van der Waals surface area contributed by atoms with Crippen molar-refractivity contribution in [2.45, 2.75) is 12.8 Å². The number of amides is 1. The molecule has 2 heterocycles. The van der Waals surface area contributed by atoms with Gasteiger partial charge in [0.05, 0.1) is 0 Å². The number of carbonyl (C=O) groups is 1. The zero-order valence-corrected chi connectivity index (χ0v) is 10.4. The predicted molar refractivity (Wildman–Crippen MR) is 63.3 cm³/mol. The van der Waals surface area contributed by atoms with Crippen LogP contribution in [-0.2, 0) is 0 Å². The van der Waals surface area contributed by atoms with Crippen molar-refractivity contribution < 1.29 is 18.6 Å². The Bertz CT molecular complexity index is 344. The number of halogens is 1. The first-order chi connectivity index (χ1) is 7.86. The van der Waals surface area contributed by atoms with Gasteiger partial charge in [-0.25, -0.2) is 0 Å². The number of pyridine rings is 1. The molecule has 1 aromatic heterocycles. The molecule has 2 rings (SSSR count). The number of hydrogen-bond acceptors (Lipinski definition) is 3. The molecule has 1 aromatic rings. The Labute approximate surface area is 109 Å². The van der Waals surface area contributed by atoms with E-state index in [4.69, 9.17) is 0 Å². The summed E-state index contributed by atoms with van der Waals surface area (Å²) in [6.45, 7) is 2.91. The maximum absolute atomic E-state index is 11.7. The number of nitrogens with zero attached hydrogens (tertiary/aromatic N) is 1. The van der Waals surface area contributed by atoms with Gasteiger partial charge in [0.2, 0.25) is 0 Å². The molecule has 1 amide bonds. The summed E-state index contributed by atoms with van der Waals surface area (Å²) in [6.07, 6.45) is 5.58. The Hall–Kier alpha value is -1.13. The Morgan fingerprint density at radius 1 is 1.41 bits per heavy atom. The molecule has 1 aliphatic rings. The highest BCUT2D eigenvalue weighted by molar-refractivity contribution is 5.93. The fraction of sp³-hybridized carbons (Fsp3) is 0.500. The van der Waals surface area contributed by atoms with Crippen LogP contribution in [0.1, 0.15) is 24.6 Å². The number of nitrogens with one attached hydrogen (secondary N) is 2. The van der Waals surface area contributed by atoms with Crippen LogP contribution in [0.2, 0.25) is 0 Å². The minimum atomic E-state index is 0. The van der Waals surface area contributed by atoms with Gasteiger partial charge in [-0.05, 0) is 44.0 Å². The molecular formula is C12H18ClN3O. The minimum absolute atomic E-state index is 0. The van der Waals surface area contributed by atoms with E-state index in [1.165, 1.54) is 0 Å². The molecule has 1 aliphatic heterocycles. The van der Waals surface area contributed by atoms with Crippen molar-refractivity contribution in [1.29, 1.82) is 0 Å². The molecule has 2 N–H and O–H groups in total. The molecule has 0 radical (unpaired) electrons. The first-order valence-electron chi connectivity index (χ1n) is 5.75. The summed E-state index contributed by atoms with van der Waals surface area (Å²) in [7, 11) is 0. The SMILES string of the molecule is O=C(NCC1CCNCC1)c1ccncc1.[Cl-].[H+]. The Morgan fingerprint density at radius 3 is 2.71 bits per heavy atom. The van der Waals surface area contributed by atoms with E-state index in [1.807, 2.05) is 0 Å². The van der Waals surface area contributed by atoms with Crippen molar-refractivity contribution in [2.24, 2.45) is 5.92 Å². The standard InChI is InChI=1S/C12H17N3O.ClH/c16-12(11-3-7-14-8-4-11)15-9-10-1-5-13-6-2-10;/h3-4,7-8,10,13H,1-2,5-6,9H2,(H,15,16);1H. The molecule has 0 atom stereocenters. The molecule has 5 heteroatoms. The zero-order chi connectivity index (χ0) is 11.2. The highest BCUT2D eigenvalue weighted by atomic mass is 35.5. The van der Waals surface area contributed by atoms with Gasteiger partial charge in [0.15, 0.2) is 0 Å². The van der Waals surface area contributed by atoms with Crippen molar-refractivity contribution in [3.63, 3.8) is 0 Å². The first-order valence-corrected chi connectivity index (χ1v) is 5.75. The summed E-state index contributed by atoms with van der Waals surface area (Å²) in [4.78, 5) is 15.6. The highest BCUT2D eigenvalue weighted by Crippen LogP contribution is 2.10. The summed E-state index contributed by atoms with van der Waals surface area (Å²) in [5.74, 6) is 0.618. The largest absolute Gasteiger partial charge is 1.00 e. The Balaban J connectivity index is 0.00000144. The first kappa shape index (κ1) is 13.9. The third kappa shape index (κ3) is 4.32. The highest BCUT2D eigenvalue weighted by Gasteiger charge is 2.14. The normalized spacial score (nSPS) is 16.0. The molecule has 1 saturated heterocycles. The molecule has 0 bridgehead atoms. The van der Waals surface area contributed by atoms with E-state index in [1.54, 1.807) is 24.5 Å². The molecular weight excluding hydrogens is 238 g/mol. The van der Waals surface area contributed by atoms with E-state index in [9.17, 15) is 4.79 Å². The smallest absolute Gasteiger partial charge is 1.00 e. The van der Waals surface area contributed by atoms with Crippen LogP contribution in [0.5, 0.6) is 0 Å².